The van der Waals surface area contributed by atoms with Crippen LogP contribution in [0.25, 0.3) is 0 Å². The molecule has 0 saturated heterocycles. The molecule has 38 valence electrons. The SMILES string of the molecule is CC[C@@H](C)SS. The average molecular weight is 122 g/mol. The van der Waals surface area contributed by atoms with Gasteiger partial charge in [0.15, 0.2) is 0 Å². The maximum Gasteiger partial charge on any atom is 0.0118 e. The molecule has 0 spiro atoms. The summed E-state index contributed by atoms with van der Waals surface area (Å²) in [6, 6.07) is 0. The number of rotatable bonds is 2. The fourth-order valence-electron chi connectivity index (χ4n) is 0.0745. The van der Waals surface area contributed by atoms with E-state index in [2.05, 4.69) is 25.5 Å². The normalized spacial score (nSPS) is 14.5. The van der Waals surface area contributed by atoms with Crippen molar-refractivity contribution in [1.82, 2.24) is 0 Å². The van der Waals surface area contributed by atoms with E-state index in [-0.39, 0.29) is 0 Å². The van der Waals surface area contributed by atoms with Crippen molar-refractivity contribution in [2.45, 2.75) is 25.5 Å². The molecule has 2 heteroatoms. The Labute approximate surface area is 48.5 Å². The first-order valence-electron chi connectivity index (χ1n) is 2.11. The van der Waals surface area contributed by atoms with E-state index in [4.69, 9.17) is 0 Å². The summed E-state index contributed by atoms with van der Waals surface area (Å²) in [5.74, 6) is 0. The van der Waals surface area contributed by atoms with Gasteiger partial charge in [-0.15, -0.1) is 11.7 Å². The van der Waals surface area contributed by atoms with Crippen molar-refractivity contribution >= 4 is 22.5 Å². The molecule has 6 heavy (non-hydrogen) atoms. The zero-order chi connectivity index (χ0) is 4.99. The maximum absolute atomic E-state index is 4.01. The molecule has 0 aliphatic carbocycles. The summed E-state index contributed by atoms with van der Waals surface area (Å²) in [5, 5.41) is 0.716. The smallest absolute Gasteiger partial charge is 0.0118 e. The highest BCUT2D eigenvalue weighted by atomic mass is 33.1. The van der Waals surface area contributed by atoms with Crippen LogP contribution in [0.4, 0.5) is 0 Å². The molecule has 0 aliphatic heterocycles. The third-order valence-electron chi connectivity index (χ3n) is 0.755. The van der Waals surface area contributed by atoms with Crippen LogP contribution in [-0.4, -0.2) is 5.25 Å². The molecular weight excluding hydrogens is 112 g/mol. The summed E-state index contributed by atoms with van der Waals surface area (Å²) in [7, 11) is 1.62. The van der Waals surface area contributed by atoms with E-state index < -0.39 is 0 Å². The second-order valence-corrected chi connectivity index (χ2v) is 2.97. The van der Waals surface area contributed by atoms with E-state index in [1.165, 1.54) is 6.42 Å². The lowest BCUT2D eigenvalue weighted by atomic mass is 10.4. The van der Waals surface area contributed by atoms with Crippen LogP contribution in [0.1, 0.15) is 20.3 Å². The molecule has 0 nitrogen and oxygen atoms in total. The molecule has 0 saturated carbocycles. The molecule has 0 unspecified atom stereocenters. The lowest BCUT2D eigenvalue weighted by Crippen LogP contribution is -1.85. The topological polar surface area (TPSA) is 0 Å². The van der Waals surface area contributed by atoms with Crippen LogP contribution in [0.3, 0.4) is 0 Å². The Morgan fingerprint density at radius 1 is 1.83 bits per heavy atom. The van der Waals surface area contributed by atoms with Crippen molar-refractivity contribution in [3.05, 3.63) is 0 Å². The largest absolute Gasteiger partial charge is 0.111 e. The molecule has 0 rings (SSSR count). The molecule has 0 heterocycles. The standard InChI is InChI=1S/C4H10S2/c1-3-4(2)6-5/h4-5H,3H2,1-2H3/t4-/m1/s1. The Balaban J connectivity index is 2.75. The Hall–Kier alpha value is 0.700. The molecule has 0 amide bonds. The molecule has 1 atom stereocenters. The first-order valence-corrected chi connectivity index (χ1v) is 4.04. The minimum absolute atomic E-state index is 0.716. The second-order valence-electron chi connectivity index (χ2n) is 1.32. The van der Waals surface area contributed by atoms with Crippen molar-refractivity contribution in [3.63, 3.8) is 0 Å². The van der Waals surface area contributed by atoms with Gasteiger partial charge >= 0.3 is 0 Å². The monoisotopic (exact) mass is 122 g/mol. The van der Waals surface area contributed by atoms with Crippen LogP contribution in [-0.2, 0) is 0 Å². The average Bonchev–Trinajstić information content (AvgIpc) is 1.65. The first-order chi connectivity index (χ1) is 2.81. The van der Waals surface area contributed by atoms with Crippen molar-refractivity contribution in [2.75, 3.05) is 0 Å². The summed E-state index contributed by atoms with van der Waals surface area (Å²) in [6.07, 6.45) is 1.22. The zero-order valence-corrected chi connectivity index (χ0v) is 5.85. The third-order valence-corrected chi connectivity index (χ3v) is 2.53. The predicted molar refractivity (Wildman–Crippen MR) is 36.3 cm³/mol. The van der Waals surface area contributed by atoms with E-state index in [1.807, 2.05) is 0 Å². The number of thiol groups is 1. The molecule has 0 radical (unpaired) electrons. The van der Waals surface area contributed by atoms with Gasteiger partial charge in [-0.05, 0) is 6.42 Å². The molecule has 0 aromatic rings. The van der Waals surface area contributed by atoms with Gasteiger partial charge in [0.25, 0.3) is 0 Å². The van der Waals surface area contributed by atoms with Gasteiger partial charge in [-0.1, -0.05) is 24.6 Å². The fourth-order valence-corrected chi connectivity index (χ4v) is 0.671. The molecule has 0 bridgehead atoms. The van der Waals surface area contributed by atoms with Gasteiger partial charge in [0.2, 0.25) is 0 Å². The van der Waals surface area contributed by atoms with Crippen LogP contribution < -0.4 is 0 Å². The van der Waals surface area contributed by atoms with Crippen LogP contribution >= 0.6 is 22.5 Å². The highest BCUT2D eigenvalue weighted by Gasteiger charge is 1.90. The van der Waals surface area contributed by atoms with E-state index in [0.29, 0.717) is 5.25 Å². The molecular formula is C4H10S2. The Morgan fingerprint density at radius 2 is 2.33 bits per heavy atom. The Bertz CT molecular complexity index is 24.7. The fraction of sp³-hybridized carbons (Fsp3) is 1.00. The van der Waals surface area contributed by atoms with Gasteiger partial charge in [-0.3, -0.25) is 0 Å². The summed E-state index contributed by atoms with van der Waals surface area (Å²) in [6.45, 7) is 4.32. The van der Waals surface area contributed by atoms with Gasteiger partial charge in [0, 0.05) is 5.25 Å². The van der Waals surface area contributed by atoms with E-state index in [1.54, 1.807) is 10.8 Å². The lowest BCUT2D eigenvalue weighted by molar-refractivity contribution is 0.912. The van der Waals surface area contributed by atoms with Crippen LogP contribution in [0.2, 0.25) is 0 Å². The van der Waals surface area contributed by atoms with Crippen LogP contribution in [0.5, 0.6) is 0 Å². The van der Waals surface area contributed by atoms with Crippen molar-refractivity contribution in [3.8, 4) is 0 Å². The number of hydrogen-bond acceptors (Lipinski definition) is 2. The minimum Gasteiger partial charge on any atom is -0.111 e. The Morgan fingerprint density at radius 3 is 2.33 bits per heavy atom. The molecule has 0 aromatic heterocycles. The first kappa shape index (κ1) is 6.70. The van der Waals surface area contributed by atoms with Crippen LogP contribution in [0.15, 0.2) is 0 Å². The summed E-state index contributed by atoms with van der Waals surface area (Å²) in [4.78, 5) is 0. The van der Waals surface area contributed by atoms with Crippen molar-refractivity contribution in [1.29, 1.82) is 0 Å². The summed E-state index contributed by atoms with van der Waals surface area (Å²) in [5.41, 5.74) is 0. The molecule has 0 aromatic carbocycles. The summed E-state index contributed by atoms with van der Waals surface area (Å²) < 4.78 is 0. The van der Waals surface area contributed by atoms with Gasteiger partial charge in [-0.25, -0.2) is 0 Å². The predicted octanol–water partition coefficient (Wildman–Crippen LogP) is 2.36. The third kappa shape index (κ3) is 2.91. The van der Waals surface area contributed by atoms with Crippen molar-refractivity contribution < 1.29 is 0 Å². The van der Waals surface area contributed by atoms with E-state index in [9.17, 15) is 0 Å². The highest BCUT2D eigenvalue weighted by Crippen LogP contribution is 2.15. The number of hydrogen-bond donors (Lipinski definition) is 1. The van der Waals surface area contributed by atoms with Crippen molar-refractivity contribution in [2.24, 2.45) is 0 Å². The molecule has 0 N–H and O–H groups in total. The lowest BCUT2D eigenvalue weighted by Gasteiger charge is -1.97. The van der Waals surface area contributed by atoms with Gasteiger partial charge in [-0.2, -0.15) is 0 Å². The Kier molecular flexibility index (Phi) is 4.33. The molecule has 0 fully saturated rings. The quantitative estimate of drug-likeness (QED) is 0.433. The zero-order valence-electron chi connectivity index (χ0n) is 4.14. The second kappa shape index (κ2) is 3.88. The van der Waals surface area contributed by atoms with Crippen LogP contribution in [0, 0.1) is 0 Å². The summed E-state index contributed by atoms with van der Waals surface area (Å²) >= 11 is 4.01. The van der Waals surface area contributed by atoms with Gasteiger partial charge < -0.3 is 0 Å². The van der Waals surface area contributed by atoms with E-state index >= 15 is 0 Å². The maximum atomic E-state index is 4.01. The van der Waals surface area contributed by atoms with Gasteiger partial charge in [0.1, 0.15) is 0 Å². The van der Waals surface area contributed by atoms with E-state index in [0.717, 1.165) is 0 Å². The minimum atomic E-state index is 0.716. The van der Waals surface area contributed by atoms with Gasteiger partial charge in [0.05, 0.1) is 0 Å². The molecule has 0 aliphatic rings. The highest BCUT2D eigenvalue weighted by molar-refractivity contribution is 8.68.